The predicted molar refractivity (Wildman–Crippen MR) is 95.6 cm³/mol. The molecule has 1 heterocycles. The topological polar surface area (TPSA) is 35.5 Å². The highest BCUT2D eigenvalue weighted by atomic mass is 16.3. The molecule has 3 heteroatoms. The van der Waals surface area contributed by atoms with E-state index in [4.69, 9.17) is 0 Å². The molecule has 0 aromatic heterocycles. The summed E-state index contributed by atoms with van der Waals surface area (Å²) in [6, 6.07) is 17.9. The summed E-state index contributed by atoms with van der Waals surface area (Å²) in [5.74, 6) is 0.309. The third-order valence-electron chi connectivity index (χ3n) is 4.23. The smallest absolute Gasteiger partial charge is 0.116 e. The summed E-state index contributed by atoms with van der Waals surface area (Å²) in [7, 11) is 0. The van der Waals surface area contributed by atoms with Crippen molar-refractivity contribution in [3.8, 4) is 5.75 Å². The van der Waals surface area contributed by atoms with Crippen molar-refractivity contribution in [1.29, 1.82) is 0 Å². The highest BCUT2D eigenvalue weighted by Gasteiger charge is 2.09. The first-order valence-corrected chi connectivity index (χ1v) is 8.31. The standard InChI is InChI=1S/C20H24N2O/c23-19-9-4-8-18(16-19)20(17-6-2-1-3-7-17)10-14-22-13-5-11-21-12-15-22/h1-4,6-10,16,21,23H,5,11-15H2. The van der Waals surface area contributed by atoms with Crippen LogP contribution in [0.1, 0.15) is 17.5 Å². The maximum atomic E-state index is 9.82. The molecule has 2 N–H and O–H groups in total. The molecule has 2 aromatic carbocycles. The molecule has 0 aliphatic carbocycles. The minimum atomic E-state index is 0.309. The second-order valence-electron chi connectivity index (χ2n) is 5.94. The highest BCUT2D eigenvalue weighted by Crippen LogP contribution is 2.26. The minimum absolute atomic E-state index is 0.309. The van der Waals surface area contributed by atoms with Gasteiger partial charge in [0.1, 0.15) is 5.75 Å². The number of hydrogen-bond donors (Lipinski definition) is 2. The average molecular weight is 308 g/mol. The molecule has 0 saturated carbocycles. The molecule has 1 saturated heterocycles. The molecule has 0 bridgehead atoms. The van der Waals surface area contributed by atoms with E-state index in [2.05, 4.69) is 46.6 Å². The van der Waals surface area contributed by atoms with Gasteiger partial charge in [-0.1, -0.05) is 48.5 Å². The van der Waals surface area contributed by atoms with Gasteiger partial charge in [-0.3, -0.25) is 4.90 Å². The van der Waals surface area contributed by atoms with Gasteiger partial charge in [0.25, 0.3) is 0 Å². The quantitative estimate of drug-likeness (QED) is 0.911. The second kappa shape index (κ2) is 7.95. The lowest BCUT2D eigenvalue weighted by atomic mass is 9.97. The number of phenols is 1. The fraction of sp³-hybridized carbons (Fsp3) is 0.300. The average Bonchev–Trinajstić information content (AvgIpc) is 2.85. The Morgan fingerprint density at radius 1 is 1.00 bits per heavy atom. The van der Waals surface area contributed by atoms with Crippen LogP contribution in [0.3, 0.4) is 0 Å². The van der Waals surface area contributed by atoms with Crippen molar-refractivity contribution in [2.75, 3.05) is 32.7 Å². The van der Waals surface area contributed by atoms with E-state index in [1.807, 2.05) is 18.2 Å². The molecule has 3 nitrogen and oxygen atoms in total. The van der Waals surface area contributed by atoms with E-state index in [9.17, 15) is 5.11 Å². The lowest BCUT2D eigenvalue weighted by Gasteiger charge is -2.18. The molecule has 2 aromatic rings. The summed E-state index contributed by atoms with van der Waals surface area (Å²) in [6.45, 7) is 5.31. The van der Waals surface area contributed by atoms with Crippen molar-refractivity contribution in [3.63, 3.8) is 0 Å². The number of aromatic hydroxyl groups is 1. The summed E-state index contributed by atoms with van der Waals surface area (Å²) in [5, 5.41) is 13.3. The van der Waals surface area contributed by atoms with Crippen LogP contribution >= 0.6 is 0 Å². The molecule has 1 aliphatic rings. The largest absolute Gasteiger partial charge is 0.508 e. The number of hydrogen-bond acceptors (Lipinski definition) is 3. The maximum absolute atomic E-state index is 9.82. The first-order valence-electron chi connectivity index (χ1n) is 8.31. The van der Waals surface area contributed by atoms with E-state index in [-0.39, 0.29) is 0 Å². The van der Waals surface area contributed by atoms with Gasteiger partial charge in [-0.2, -0.15) is 0 Å². The first kappa shape index (κ1) is 15.8. The molecule has 0 spiro atoms. The third-order valence-corrected chi connectivity index (χ3v) is 4.23. The number of nitrogens with zero attached hydrogens (tertiary/aromatic N) is 1. The van der Waals surface area contributed by atoms with Gasteiger partial charge in [0, 0.05) is 19.6 Å². The van der Waals surface area contributed by atoms with E-state index in [0.717, 1.165) is 38.3 Å². The molecule has 0 radical (unpaired) electrons. The van der Waals surface area contributed by atoms with Crippen molar-refractivity contribution >= 4 is 5.57 Å². The maximum Gasteiger partial charge on any atom is 0.116 e. The van der Waals surface area contributed by atoms with E-state index in [0.29, 0.717) is 5.75 Å². The lowest BCUT2D eigenvalue weighted by Crippen LogP contribution is -2.28. The fourth-order valence-electron chi connectivity index (χ4n) is 3.00. The van der Waals surface area contributed by atoms with E-state index in [1.165, 1.54) is 17.6 Å². The normalized spacial score (nSPS) is 17.0. The predicted octanol–water partition coefficient (Wildman–Crippen LogP) is 3.12. The van der Waals surface area contributed by atoms with Crippen LogP contribution in [-0.2, 0) is 0 Å². The molecule has 1 fully saturated rings. The highest BCUT2D eigenvalue weighted by molar-refractivity contribution is 5.80. The first-order chi connectivity index (χ1) is 11.3. The zero-order chi connectivity index (χ0) is 15.9. The zero-order valence-electron chi connectivity index (χ0n) is 13.4. The number of rotatable bonds is 4. The van der Waals surface area contributed by atoms with Crippen LogP contribution in [0.4, 0.5) is 0 Å². The molecule has 0 atom stereocenters. The van der Waals surface area contributed by atoms with Gasteiger partial charge in [-0.25, -0.2) is 0 Å². The summed E-state index contributed by atoms with van der Waals surface area (Å²) in [6.07, 6.45) is 3.48. The Hall–Kier alpha value is -2.10. The van der Waals surface area contributed by atoms with Crippen molar-refractivity contribution < 1.29 is 5.11 Å². The second-order valence-corrected chi connectivity index (χ2v) is 5.94. The Bertz CT molecular complexity index is 644. The summed E-state index contributed by atoms with van der Waals surface area (Å²) in [4.78, 5) is 2.48. The van der Waals surface area contributed by atoms with Crippen LogP contribution < -0.4 is 5.32 Å². The van der Waals surface area contributed by atoms with Crippen molar-refractivity contribution in [2.24, 2.45) is 0 Å². The SMILES string of the molecule is Oc1cccc(C(=CCN2CCCNCC2)c2ccccc2)c1. The Morgan fingerprint density at radius 3 is 2.65 bits per heavy atom. The van der Waals surface area contributed by atoms with Crippen LogP contribution in [0.25, 0.3) is 5.57 Å². The van der Waals surface area contributed by atoms with Crippen molar-refractivity contribution in [1.82, 2.24) is 10.2 Å². The molecule has 23 heavy (non-hydrogen) atoms. The van der Waals surface area contributed by atoms with Gasteiger partial charge < -0.3 is 10.4 Å². The molecule has 1 aliphatic heterocycles. The number of nitrogens with one attached hydrogen (secondary N) is 1. The van der Waals surface area contributed by atoms with Gasteiger partial charge in [0.05, 0.1) is 0 Å². The van der Waals surface area contributed by atoms with E-state index < -0.39 is 0 Å². The lowest BCUT2D eigenvalue weighted by molar-refractivity contribution is 0.324. The van der Waals surface area contributed by atoms with Crippen LogP contribution in [0, 0.1) is 0 Å². The molecule has 0 amide bonds. The van der Waals surface area contributed by atoms with E-state index >= 15 is 0 Å². The third kappa shape index (κ3) is 4.44. The Morgan fingerprint density at radius 2 is 1.83 bits per heavy atom. The monoisotopic (exact) mass is 308 g/mol. The van der Waals surface area contributed by atoms with Gasteiger partial charge in [0.2, 0.25) is 0 Å². The van der Waals surface area contributed by atoms with Gasteiger partial charge in [0.15, 0.2) is 0 Å². The van der Waals surface area contributed by atoms with Crippen LogP contribution in [-0.4, -0.2) is 42.7 Å². The molecule has 3 rings (SSSR count). The van der Waals surface area contributed by atoms with Crippen molar-refractivity contribution in [2.45, 2.75) is 6.42 Å². The molecule has 120 valence electrons. The van der Waals surface area contributed by atoms with Crippen molar-refractivity contribution in [3.05, 3.63) is 71.8 Å². The van der Waals surface area contributed by atoms with Gasteiger partial charge in [-0.05, 0) is 48.3 Å². The number of benzene rings is 2. The zero-order valence-corrected chi connectivity index (χ0v) is 13.4. The molecular formula is C20H24N2O. The van der Waals surface area contributed by atoms with E-state index in [1.54, 1.807) is 6.07 Å². The minimum Gasteiger partial charge on any atom is -0.508 e. The molecule has 0 unspecified atom stereocenters. The Labute approximate surface area is 138 Å². The van der Waals surface area contributed by atoms with Crippen LogP contribution in [0.15, 0.2) is 60.7 Å². The Kier molecular flexibility index (Phi) is 5.46. The summed E-state index contributed by atoms with van der Waals surface area (Å²) in [5.41, 5.74) is 3.42. The van der Waals surface area contributed by atoms with Crippen LogP contribution in [0.2, 0.25) is 0 Å². The Balaban J connectivity index is 1.87. The number of phenolic OH excluding ortho intramolecular Hbond substituents is 1. The molecular weight excluding hydrogens is 284 g/mol. The summed E-state index contributed by atoms with van der Waals surface area (Å²) < 4.78 is 0. The van der Waals surface area contributed by atoms with Crippen LogP contribution in [0.5, 0.6) is 5.75 Å². The summed E-state index contributed by atoms with van der Waals surface area (Å²) >= 11 is 0. The van der Waals surface area contributed by atoms with Gasteiger partial charge >= 0.3 is 0 Å². The van der Waals surface area contributed by atoms with Gasteiger partial charge in [-0.15, -0.1) is 0 Å². The fourth-order valence-corrected chi connectivity index (χ4v) is 3.00.